The summed E-state index contributed by atoms with van der Waals surface area (Å²) >= 11 is 6.77. The van der Waals surface area contributed by atoms with Crippen LogP contribution < -0.4 is 5.32 Å². The van der Waals surface area contributed by atoms with E-state index in [2.05, 4.69) is 63.0 Å². The van der Waals surface area contributed by atoms with Crippen LogP contribution in [0, 0.1) is 0 Å². The molecule has 1 saturated carbocycles. The van der Waals surface area contributed by atoms with Crippen molar-refractivity contribution in [2.75, 3.05) is 13.1 Å². The Morgan fingerprint density at radius 2 is 1.79 bits per heavy atom. The Morgan fingerprint density at radius 1 is 1.17 bits per heavy atom. The number of nitrogens with one attached hydrogen (secondary N) is 1. The van der Waals surface area contributed by atoms with Crippen molar-refractivity contribution in [1.29, 1.82) is 0 Å². The second-order valence-corrected chi connectivity index (χ2v) is 9.83. The van der Waals surface area contributed by atoms with E-state index in [1.54, 1.807) is 5.57 Å². The SMILES string of the molecule is CC.CCC(C)c1cccc(Cl)c1C(NC1CCN(C(C)(C)C)CC1)=C1CCC1. The molecule has 2 aliphatic rings. The Hall–Kier alpha value is -0.990. The normalized spacial score (nSPS) is 19.1. The van der Waals surface area contributed by atoms with Gasteiger partial charge in [-0.25, -0.2) is 0 Å². The van der Waals surface area contributed by atoms with E-state index in [-0.39, 0.29) is 5.54 Å². The summed E-state index contributed by atoms with van der Waals surface area (Å²) in [6.07, 6.45) is 7.29. The van der Waals surface area contributed by atoms with Crippen LogP contribution in [-0.4, -0.2) is 29.6 Å². The summed E-state index contributed by atoms with van der Waals surface area (Å²) in [5, 5.41) is 4.88. The molecule has 0 aromatic heterocycles. The molecule has 0 radical (unpaired) electrons. The van der Waals surface area contributed by atoms with E-state index in [4.69, 9.17) is 11.6 Å². The van der Waals surface area contributed by atoms with Gasteiger partial charge in [0.2, 0.25) is 0 Å². The molecule has 1 aromatic carbocycles. The highest BCUT2D eigenvalue weighted by atomic mass is 35.5. The van der Waals surface area contributed by atoms with Gasteiger partial charge in [-0.3, -0.25) is 4.90 Å². The fourth-order valence-corrected chi connectivity index (χ4v) is 4.56. The molecular formula is C26H43ClN2. The van der Waals surface area contributed by atoms with E-state index in [9.17, 15) is 0 Å². The summed E-state index contributed by atoms with van der Waals surface area (Å²) in [4.78, 5) is 2.61. The first-order valence-corrected chi connectivity index (χ1v) is 12.2. The van der Waals surface area contributed by atoms with E-state index in [0.29, 0.717) is 12.0 Å². The minimum Gasteiger partial charge on any atom is -0.382 e. The van der Waals surface area contributed by atoms with Gasteiger partial charge >= 0.3 is 0 Å². The fraction of sp³-hybridized carbons (Fsp3) is 0.692. The van der Waals surface area contributed by atoms with Gasteiger partial charge < -0.3 is 5.32 Å². The topological polar surface area (TPSA) is 15.3 Å². The molecule has 1 aliphatic heterocycles. The van der Waals surface area contributed by atoms with Crippen LogP contribution >= 0.6 is 11.6 Å². The van der Waals surface area contributed by atoms with Crippen LogP contribution in [0.25, 0.3) is 5.70 Å². The molecule has 1 atom stereocenters. The van der Waals surface area contributed by atoms with Gasteiger partial charge in [0.25, 0.3) is 0 Å². The molecule has 1 aromatic rings. The minimum atomic E-state index is 0.271. The van der Waals surface area contributed by atoms with Crippen molar-refractivity contribution in [3.63, 3.8) is 0 Å². The average Bonchev–Trinajstić information content (AvgIpc) is 2.66. The Bertz CT molecular complexity index is 672. The number of piperidine rings is 1. The highest BCUT2D eigenvalue weighted by molar-refractivity contribution is 6.32. The fourth-order valence-electron chi connectivity index (χ4n) is 4.29. The van der Waals surface area contributed by atoms with E-state index >= 15 is 0 Å². The van der Waals surface area contributed by atoms with Crippen molar-refractivity contribution in [3.8, 4) is 0 Å². The Labute approximate surface area is 185 Å². The van der Waals surface area contributed by atoms with Gasteiger partial charge in [0.1, 0.15) is 0 Å². The lowest BCUT2D eigenvalue weighted by atomic mass is 9.84. The van der Waals surface area contributed by atoms with Crippen molar-refractivity contribution in [2.45, 2.75) is 104 Å². The molecule has 2 fully saturated rings. The molecule has 0 bridgehead atoms. The highest BCUT2D eigenvalue weighted by Gasteiger charge is 2.29. The molecular weight excluding hydrogens is 376 g/mol. The molecule has 29 heavy (non-hydrogen) atoms. The number of hydrogen-bond donors (Lipinski definition) is 1. The Balaban J connectivity index is 0.00000145. The first-order valence-electron chi connectivity index (χ1n) is 11.8. The first-order chi connectivity index (χ1) is 13.8. The van der Waals surface area contributed by atoms with Gasteiger partial charge in [0, 0.05) is 35.9 Å². The largest absolute Gasteiger partial charge is 0.382 e. The van der Waals surface area contributed by atoms with Crippen molar-refractivity contribution >= 4 is 17.3 Å². The van der Waals surface area contributed by atoms with Gasteiger partial charge in [0.05, 0.1) is 5.02 Å². The number of nitrogens with zero attached hydrogens (tertiary/aromatic N) is 1. The second-order valence-electron chi connectivity index (χ2n) is 9.42. The summed E-state index contributed by atoms with van der Waals surface area (Å²) < 4.78 is 0. The molecule has 3 heteroatoms. The van der Waals surface area contributed by atoms with Crippen molar-refractivity contribution in [2.24, 2.45) is 0 Å². The van der Waals surface area contributed by atoms with Crippen LogP contribution in [0.5, 0.6) is 0 Å². The number of benzene rings is 1. The molecule has 0 spiro atoms. The van der Waals surface area contributed by atoms with Crippen molar-refractivity contribution in [3.05, 3.63) is 39.9 Å². The van der Waals surface area contributed by atoms with Crippen LogP contribution in [0.4, 0.5) is 0 Å². The average molecular weight is 419 g/mol. The summed E-state index contributed by atoms with van der Waals surface area (Å²) in [6, 6.07) is 7.00. The van der Waals surface area contributed by atoms with Crippen LogP contribution in [0.15, 0.2) is 23.8 Å². The number of likely N-dealkylation sites (tertiary alicyclic amines) is 1. The monoisotopic (exact) mass is 418 g/mol. The lowest BCUT2D eigenvalue weighted by molar-refractivity contribution is 0.0993. The lowest BCUT2D eigenvalue weighted by Gasteiger charge is -2.42. The zero-order chi connectivity index (χ0) is 21.6. The maximum atomic E-state index is 6.77. The van der Waals surface area contributed by atoms with E-state index < -0.39 is 0 Å². The zero-order valence-corrected chi connectivity index (χ0v) is 20.6. The highest BCUT2D eigenvalue weighted by Crippen LogP contribution is 2.39. The predicted molar refractivity (Wildman–Crippen MR) is 130 cm³/mol. The third-order valence-electron chi connectivity index (χ3n) is 6.54. The maximum absolute atomic E-state index is 6.77. The van der Waals surface area contributed by atoms with Gasteiger partial charge in [0.15, 0.2) is 0 Å². The molecule has 1 heterocycles. The van der Waals surface area contributed by atoms with E-state index in [0.717, 1.165) is 11.4 Å². The summed E-state index contributed by atoms with van der Waals surface area (Å²) in [6.45, 7) is 17.9. The number of halogens is 1. The van der Waals surface area contributed by atoms with Crippen LogP contribution in [0.1, 0.15) is 104 Å². The van der Waals surface area contributed by atoms with Crippen molar-refractivity contribution < 1.29 is 0 Å². The summed E-state index contributed by atoms with van der Waals surface area (Å²) in [7, 11) is 0. The van der Waals surface area contributed by atoms with Crippen LogP contribution in [0.2, 0.25) is 5.02 Å². The Morgan fingerprint density at radius 3 is 2.28 bits per heavy atom. The van der Waals surface area contributed by atoms with E-state index in [1.165, 1.54) is 62.0 Å². The van der Waals surface area contributed by atoms with Crippen LogP contribution in [0.3, 0.4) is 0 Å². The smallest absolute Gasteiger partial charge is 0.0501 e. The molecule has 1 unspecified atom stereocenters. The molecule has 0 amide bonds. The minimum absolute atomic E-state index is 0.271. The third-order valence-corrected chi connectivity index (χ3v) is 6.86. The van der Waals surface area contributed by atoms with E-state index in [1.807, 2.05) is 13.8 Å². The molecule has 3 rings (SSSR count). The third kappa shape index (κ3) is 6.01. The van der Waals surface area contributed by atoms with Gasteiger partial charge in [-0.15, -0.1) is 0 Å². The maximum Gasteiger partial charge on any atom is 0.0501 e. The van der Waals surface area contributed by atoms with Crippen LogP contribution in [-0.2, 0) is 0 Å². The quantitative estimate of drug-likeness (QED) is 0.528. The first kappa shape index (κ1) is 24.3. The number of rotatable bonds is 5. The molecule has 1 N–H and O–H groups in total. The standard InChI is InChI=1S/C24H37ClN2.C2H6/c1-6-17(2)20-11-8-12-21(25)22(20)23(18-9-7-10-18)26-19-13-15-27(16-14-19)24(3,4)5;1-2/h8,11-12,17,19,26H,6-7,9-10,13-16H2,1-5H3;1-2H3. The molecule has 2 nitrogen and oxygen atoms in total. The molecule has 1 saturated heterocycles. The predicted octanol–water partition coefficient (Wildman–Crippen LogP) is 7.63. The van der Waals surface area contributed by atoms with Gasteiger partial charge in [-0.05, 0) is 82.4 Å². The van der Waals surface area contributed by atoms with Crippen molar-refractivity contribution in [1.82, 2.24) is 10.2 Å². The number of hydrogen-bond acceptors (Lipinski definition) is 2. The molecule has 1 aliphatic carbocycles. The van der Waals surface area contributed by atoms with Gasteiger partial charge in [-0.1, -0.05) is 51.4 Å². The summed E-state index contributed by atoms with van der Waals surface area (Å²) in [5.74, 6) is 0.527. The summed E-state index contributed by atoms with van der Waals surface area (Å²) in [5.41, 5.74) is 5.88. The number of allylic oxidation sites excluding steroid dienone is 1. The molecule has 164 valence electrons. The Kier molecular flexibility index (Phi) is 9.10. The zero-order valence-electron chi connectivity index (χ0n) is 19.9. The lowest BCUT2D eigenvalue weighted by Crippen LogP contribution is -2.49. The second kappa shape index (κ2) is 10.9. The van der Waals surface area contributed by atoms with Gasteiger partial charge in [-0.2, -0.15) is 0 Å².